The van der Waals surface area contributed by atoms with Crippen molar-refractivity contribution in [2.24, 2.45) is 0 Å². The minimum Gasteiger partial charge on any atom is -0.353 e. The summed E-state index contributed by atoms with van der Waals surface area (Å²) in [7, 11) is 0. The van der Waals surface area contributed by atoms with Crippen molar-refractivity contribution >= 4 is 43.2 Å². The highest BCUT2D eigenvalue weighted by atomic mass is 32.1. The molecule has 0 unspecified atom stereocenters. The van der Waals surface area contributed by atoms with E-state index in [0.29, 0.717) is 0 Å². The molecule has 2 heteroatoms. The second-order valence-corrected chi connectivity index (χ2v) is 8.53. The van der Waals surface area contributed by atoms with Crippen LogP contribution in [-0.4, -0.2) is 4.98 Å². The van der Waals surface area contributed by atoms with Crippen LogP contribution in [0.2, 0.25) is 0 Å². The molecule has 2 aromatic heterocycles. The van der Waals surface area contributed by atoms with Gasteiger partial charge in [0.1, 0.15) is 0 Å². The van der Waals surface area contributed by atoms with E-state index in [1.54, 1.807) is 0 Å². The summed E-state index contributed by atoms with van der Waals surface area (Å²) in [4.78, 5) is 5.17. The van der Waals surface area contributed by atoms with Gasteiger partial charge in [0.25, 0.3) is 0 Å². The first kappa shape index (κ1) is 13.7. The lowest BCUT2D eigenvalue weighted by Crippen LogP contribution is -2.13. The molecule has 6 rings (SSSR count). The molecule has 0 saturated carbocycles. The van der Waals surface area contributed by atoms with Crippen molar-refractivity contribution in [2.45, 2.75) is 19.3 Å². The number of rotatable bonds is 0. The summed E-state index contributed by atoms with van der Waals surface area (Å²) in [6, 6.07) is 22.1. The molecule has 25 heavy (non-hydrogen) atoms. The average Bonchev–Trinajstić information content (AvgIpc) is 3.25. The fraction of sp³-hybridized carbons (Fsp3) is 0.130. The van der Waals surface area contributed by atoms with Gasteiger partial charge in [-0.25, -0.2) is 0 Å². The monoisotopic (exact) mass is 339 g/mol. The molecule has 5 aromatic rings. The lowest BCUT2D eigenvalue weighted by molar-refractivity contribution is 0.674. The molecular formula is C23H17NS. The molecule has 0 fully saturated rings. The van der Waals surface area contributed by atoms with Crippen molar-refractivity contribution in [1.82, 2.24) is 4.98 Å². The van der Waals surface area contributed by atoms with E-state index in [0.717, 1.165) is 0 Å². The molecule has 1 nitrogen and oxygen atoms in total. The van der Waals surface area contributed by atoms with Crippen molar-refractivity contribution < 1.29 is 0 Å². The standard InChI is InChI=1S/C23H17NS/c1-23(2)17-9-5-3-8-15(17)19-16-12-11-14-13-7-4-6-10-18(13)24-20(14)21(16)25-22(19)23/h3-12,24H,1-2H3. The number of fused-ring (bicyclic) bond motifs is 9. The molecule has 1 aliphatic rings. The third kappa shape index (κ3) is 1.54. The molecule has 0 atom stereocenters. The summed E-state index contributed by atoms with van der Waals surface area (Å²) in [5.74, 6) is 0. The van der Waals surface area contributed by atoms with Crippen LogP contribution < -0.4 is 0 Å². The summed E-state index contributed by atoms with van der Waals surface area (Å²) in [6.07, 6.45) is 0. The minimum absolute atomic E-state index is 0.0773. The number of thiophene rings is 1. The second-order valence-electron chi connectivity index (χ2n) is 7.51. The number of benzene rings is 3. The van der Waals surface area contributed by atoms with Gasteiger partial charge in [0.15, 0.2) is 0 Å². The Hall–Kier alpha value is -2.58. The normalized spacial score (nSPS) is 15.1. The molecule has 2 heterocycles. The van der Waals surface area contributed by atoms with Crippen LogP contribution >= 0.6 is 11.3 Å². The van der Waals surface area contributed by atoms with Gasteiger partial charge in [-0.05, 0) is 17.2 Å². The van der Waals surface area contributed by atoms with Crippen LogP contribution in [0.25, 0.3) is 43.0 Å². The van der Waals surface area contributed by atoms with Crippen molar-refractivity contribution in [2.75, 3.05) is 0 Å². The van der Waals surface area contributed by atoms with Crippen LogP contribution in [0.5, 0.6) is 0 Å². The smallest absolute Gasteiger partial charge is 0.0646 e. The highest BCUT2D eigenvalue weighted by Gasteiger charge is 2.38. The van der Waals surface area contributed by atoms with E-state index in [9.17, 15) is 0 Å². The predicted octanol–water partition coefficient (Wildman–Crippen LogP) is 6.84. The average molecular weight is 339 g/mol. The van der Waals surface area contributed by atoms with E-state index in [-0.39, 0.29) is 5.41 Å². The van der Waals surface area contributed by atoms with Crippen LogP contribution in [0.4, 0.5) is 0 Å². The van der Waals surface area contributed by atoms with Gasteiger partial charge in [0.2, 0.25) is 0 Å². The zero-order chi connectivity index (χ0) is 16.8. The predicted molar refractivity (Wildman–Crippen MR) is 109 cm³/mol. The first-order valence-corrected chi connectivity index (χ1v) is 9.54. The lowest BCUT2D eigenvalue weighted by Gasteiger charge is -2.19. The Kier molecular flexibility index (Phi) is 2.37. The number of nitrogens with one attached hydrogen (secondary N) is 1. The van der Waals surface area contributed by atoms with E-state index >= 15 is 0 Å². The first-order chi connectivity index (χ1) is 12.2. The summed E-state index contributed by atoms with van der Waals surface area (Å²) in [5.41, 5.74) is 6.89. The van der Waals surface area contributed by atoms with Gasteiger partial charge in [-0.1, -0.05) is 68.4 Å². The number of para-hydroxylation sites is 1. The Morgan fingerprint density at radius 1 is 0.800 bits per heavy atom. The summed E-state index contributed by atoms with van der Waals surface area (Å²) in [6.45, 7) is 4.71. The van der Waals surface area contributed by atoms with Crippen LogP contribution in [0.15, 0.2) is 60.7 Å². The van der Waals surface area contributed by atoms with Gasteiger partial charge in [0, 0.05) is 37.5 Å². The van der Waals surface area contributed by atoms with Crippen molar-refractivity contribution in [3.63, 3.8) is 0 Å². The van der Waals surface area contributed by atoms with Crippen LogP contribution in [-0.2, 0) is 5.41 Å². The van der Waals surface area contributed by atoms with Crippen molar-refractivity contribution in [3.8, 4) is 11.1 Å². The molecule has 0 aliphatic heterocycles. The van der Waals surface area contributed by atoms with Gasteiger partial charge in [-0.2, -0.15) is 0 Å². The SMILES string of the molecule is CC1(C)c2ccccc2-c2c1sc1c2ccc2c3ccccc3[nH]c21. The number of hydrogen-bond acceptors (Lipinski definition) is 1. The van der Waals surface area contributed by atoms with Gasteiger partial charge >= 0.3 is 0 Å². The summed E-state index contributed by atoms with van der Waals surface area (Å²) >= 11 is 1.96. The molecular weight excluding hydrogens is 322 g/mol. The number of H-pyrrole nitrogens is 1. The van der Waals surface area contributed by atoms with Crippen molar-refractivity contribution in [3.05, 3.63) is 71.1 Å². The minimum atomic E-state index is 0.0773. The van der Waals surface area contributed by atoms with E-state index < -0.39 is 0 Å². The fourth-order valence-electron chi connectivity index (χ4n) is 4.55. The van der Waals surface area contributed by atoms with Gasteiger partial charge in [-0.15, -0.1) is 11.3 Å². The molecule has 120 valence electrons. The third-order valence-electron chi connectivity index (χ3n) is 5.77. The largest absolute Gasteiger partial charge is 0.353 e. The van der Waals surface area contributed by atoms with E-state index in [2.05, 4.69) is 79.5 Å². The van der Waals surface area contributed by atoms with Crippen LogP contribution in [0.3, 0.4) is 0 Å². The topological polar surface area (TPSA) is 15.8 Å². The molecule has 0 spiro atoms. The van der Waals surface area contributed by atoms with Gasteiger partial charge < -0.3 is 4.98 Å². The summed E-state index contributed by atoms with van der Waals surface area (Å²) < 4.78 is 1.39. The highest BCUT2D eigenvalue weighted by molar-refractivity contribution is 7.21. The molecule has 0 bridgehead atoms. The van der Waals surface area contributed by atoms with Crippen LogP contribution in [0.1, 0.15) is 24.3 Å². The molecule has 3 aromatic carbocycles. The number of hydrogen-bond donors (Lipinski definition) is 1. The molecule has 1 aliphatic carbocycles. The number of aromatic amines is 1. The Bertz CT molecular complexity index is 1320. The maximum Gasteiger partial charge on any atom is 0.0646 e. The van der Waals surface area contributed by atoms with E-state index in [1.807, 2.05) is 11.3 Å². The fourth-order valence-corrected chi connectivity index (χ4v) is 5.98. The Morgan fingerprint density at radius 2 is 1.56 bits per heavy atom. The quantitative estimate of drug-likeness (QED) is 0.318. The van der Waals surface area contributed by atoms with E-state index in [1.165, 1.54) is 53.5 Å². The Balaban J connectivity index is 1.81. The molecule has 0 radical (unpaired) electrons. The van der Waals surface area contributed by atoms with E-state index in [4.69, 9.17) is 0 Å². The first-order valence-electron chi connectivity index (χ1n) is 8.72. The highest BCUT2D eigenvalue weighted by Crippen LogP contribution is 2.56. The zero-order valence-corrected chi connectivity index (χ0v) is 15.0. The van der Waals surface area contributed by atoms with Gasteiger partial charge in [-0.3, -0.25) is 0 Å². The Labute approximate surface area is 149 Å². The van der Waals surface area contributed by atoms with Gasteiger partial charge in [0.05, 0.1) is 10.2 Å². The zero-order valence-electron chi connectivity index (χ0n) is 14.2. The molecule has 0 amide bonds. The summed E-state index contributed by atoms with van der Waals surface area (Å²) in [5, 5.41) is 4.03. The lowest BCUT2D eigenvalue weighted by atomic mass is 9.87. The third-order valence-corrected chi connectivity index (χ3v) is 7.32. The van der Waals surface area contributed by atoms with Crippen LogP contribution in [0, 0.1) is 0 Å². The number of aromatic nitrogens is 1. The maximum absolute atomic E-state index is 3.67. The Morgan fingerprint density at radius 3 is 2.48 bits per heavy atom. The molecule has 0 saturated heterocycles. The maximum atomic E-state index is 3.67. The second kappa shape index (κ2) is 4.33. The molecule has 1 N–H and O–H groups in total. The van der Waals surface area contributed by atoms with Crippen molar-refractivity contribution in [1.29, 1.82) is 0 Å².